The van der Waals surface area contributed by atoms with Crippen molar-refractivity contribution < 1.29 is 24.3 Å². The fourth-order valence-electron chi connectivity index (χ4n) is 3.39. The minimum absolute atomic E-state index is 0.145. The molecule has 2 aliphatic heterocycles. The van der Waals surface area contributed by atoms with Crippen molar-refractivity contribution in [1.29, 1.82) is 0 Å². The summed E-state index contributed by atoms with van der Waals surface area (Å²) in [6, 6.07) is 11.0. The van der Waals surface area contributed by atoms with E-state index in [0.717, 1.165) is 21.8 Å². The lowest BCUT2D eigenvalue weighted by Gasteiger charge is -2.22. The molecule has 0 fully saturated rings. The number of carbonyl (C=O) groups is 1. The topological polar surface area (TPSA) is 60.2 Å². The van der Waals surface area contributed by atoms with Crippen LogP contribution in [-0.2, 0) is 6.54 Å². The third-order valence-electron chi connectivity index (χ3n) is 4.76. The molecule has 5 heteroatoms. The highest BCUT2D eigenvalue weighted by Crippen LogP contribution is 2.39. The van der Waals surface area contributed by atoms with E-state index in [-0.39, 0.29) is 23.4 Å². The Morgan fingerprint density at radius 2 is 1.96 bits per heavy atom. The van der Waals surface area contributed by atoms with Gasteiger partial charge in [0, 0.05) is 5.56 Å². The van der Waals surface area contributed by atoms with Crippen molar-refractivity contribution in [3.63, 3.8) is 0 Å². The SMILES string of the molecule is C[C@@H]1Oc2ccccc2C=C1/C=C1\Oc2c(ccc(O)c2C[NH+](C)C)C1=O. The second-order valence-corrected chi connectivity index (χ2v) is 7.21. The van der Waals surface area contributed by atoms with Crippen LogP contribution < -0.4 is 14.4 Å². The number of carbonyl (C=O) groups excluding carboxylic acids is 1. The van der Waals surface area contributed by atoms with Crippen LogP contribution in [0.25, 0.3) is 6.08 Å². The lowest BCUT2D eigenvalue weighted by Crippen LogP contribution is -3.04. The molecule has 4 rings (SSSR count). The molecular formula is C22H22NO4+. The van der Waals surface area contributed by atoms with E-state index >= 15 is 0 Å². The molecule has 0 aliphatic carbocycles. The summed E-state index contributed by atoms with van der Waals surface area (Å²) >= 11 is 0. The first-order valence-electron chi connectivity index (χ1n) is 8.99. The molecule has 0 saturated carbocycles. The highest BCUT2D eigenvalue weighted by atomic mass is 16.5. The molecule has 0 saturated heterocycles. The molecule has 0 bridgehead atoms. The van der Waals surface area contributed by atoms with Crippen molar-refractivity contribution >= 4 is 11.9 Å². The van der Waals surface area contributed by atoms with Crippen LogP contribution in [0.1, 0.15) is 28.4 Å². The number of ether oxygens (including phenoxy) is 2. The molecule has 138 valence electrons. The third-order valence-corrected chi connectivity index (χ3v) is 4.76. The molecule has 0 aromatic heterocycles. The van der Waals surface area contributed by atoms with Gasteiger partial charge in [-0.05, 0) is 42.8 Å². The van der Waals surface area contributed by atoms with E-state index in [4.69, 9.17) is 9.47 Å². The molecule has 0 unspecified atom stereocenters. The van der Waals surface area contributed by atoms with Crippen molar-refractivity contribution in [1.82, 2.24) is 0 Å². The number of rotatable bonds is 3. The van der Waals surface area contributed by atoms with Crippen molar-refractivity contribution in [2.75, 3.05) is 14.1 Å². The standard InChI is InChI=1S/C22H21NO4/c1-13-15(10-14-6-4-5-7-19(14)26-13)11-20-21(25)16-8-9-18(24)17(12-23(2)3)22(16)27-20/h4-11,13,24H,12H2,1-3H3/p+1/b20-11-/t13-/m0/s1. The van der Waals surface area contributed by atoms with Gasteiger partial charge in [0.15, 0.2) is 11.5 Å². The van der Waals surface area contributed by atoms with Crippen LogP contribution in [0.3, 0.4) is 0 Å². The smallest absolute Gasteiger partial charge is 0.231 e. The number of benzene rings is 2. The normalized spacial score (nSPS) is 19.4. The Labute approximate surface area is 158 Å². The van der Waals surface area contributed by atoms with Gasteiger partial charge in [0.05, 0.1) is 25.2 Å². The van der Waals surface area contributed by atoms with Gasteiger partial charge in [-0.2, -0.15) is 0 Å². The lowest BCUT2D eigenvalue weighted by atomic mass is 10.0. The molecule has 2 aromatic carbocycles. The number of hydrogen-bond donors (Lipinski definition) is 2. The summed E-state index contributed by atoms with van der Waals surface area (Å²) in [6.45, 7) is 2.50. The number of quaternary nitrogens is 1. The second kappa shape index (κ2) is 6.59. The number of phenols is 1. The first kappa shape index (κ1) is 17.4. The predicted molar refractivity (Wildman–Crippen MR) is 102 cm³/mol. The zero-order valence-corrected chi connectivity index (χ0v) is 15.6. The fraction of sp³-hybridized carbons (Fsp3) is 0.227. The second-order valence-electron chi connectivity index (χ2n) is 7.21. The molecule has 2 aromatic rings. The number of aromatic hydroxyl groups is 1. The summed E-state index contributed by atoms with van der Waals surface area (Å²) in [4.78, 5) is 13.9. The van der Waals surface area contributed by atoms with E-state index in [1.165, 1.54) is 0 Å². The average molecular weight is 364 g/mol. The minimum Gasteiger partial charge on any atom is -0.507 e. The van der Waals surface area contributed by atoms with Gasteiger partial charge in [-0.15, -0.1) is 0 Å². The van der Waals surface area contributed by atoms with Crippen molar-refractivity contribution in [3.05, 3.63) is 70.5 Å². The fourth-order valence-corrected chi connectivity index (χ4v) is 3.39. The number of para-hydroxylation sites is 1. The van der Waals surface area contributed by atoms with Crippen molar-refractivity contribution in [2.24, 2.45) is 0 Å². The van der Waals surface area contributed by atoms with Gasteiger partial charge in [0.25, 0.3) is 0 Å². The first-order valence-corrected chi connectivity index (χ1v) is 8.99. The molecule has 0 radical (unpaired) electrons. The highest BCUT2D eigenvalue weighted by Gasteiger charge is 2.32. The van der Waals surface area contributed by atoms with E-state index in [0.29, 0.717) is 23.4 Å². The Morgan fingerprint density at radius 1 is 1.19 bits per heavy atom. The van der Waals surface area contributed by atoms with Gasteiger partial charge in [-0.3, -0.25) is 4.79 Å². The zero-order valence-electron chi connectivity index (χ0n) is 15.6. The van der Waals surface area contributed by atoms with Gasteiger partial charge in [0.2, 0.25) is 5.78 Å². The Morgan fingerprint density at radius 3 is 2.74 bits per heavy atom. The van der Waals surface area contributed by atoms with E-state index in [1.807, 2.05) is 51.4 Å². The third kappa shape index (κ3) is 3.11. The van der Waals surface area contributed by atoms with E-state index in [2.05, 4.69) is 0 Å². The summed E-state index contributed by atoms with van der Waals surface area (Å²) in [6.07, 6.45) is 3.57. The monoisotopic (exact) mass is 364 g/mol. The summed E-state index contributed by atoms with van der Waals surface area (Å²) in [5, 5.41) is 10.2. The molecule has 2 aliphatic rings. The molecule has 0 amide bonds. The zero-order chi connectivity index (χ0) is 19.1. The van der Waals surface area contributed by atoms with Gasteiger partial charge >= 0.3 is 0 Å². The van der Waals surface area contributed by atoms with E-state index in [1.54, 1.807) is 18.2 Å². The maximum absolute atomic E-state index is 12.8. The minimum atomic E-state index is -0.188. The Kier molecular flexibility index (Phi) is 4.24. The van der Waals surface area contributed by atoms with Crippen LogP contribution in [0.5, 0.6) is 17.2 Å². The van der Waals surface area contributed by atoms with Crippen LogP contribution in [0.15, 0.2) is 53.8 Å². The summed E-state index contributed by atoms with van der Waals surface area (Å²) < 4.78 is 11.9. The van der Waals surface area contributed by atoms with E-state index < -0.39 is 0 Å². The first-order chi connectivity index (χ1) is 12.9. The molecular weight excluding hydrogens is 342 g/mol. The van der Waals surface area contributed by atoms with Gasteiger partial charge in [-0.25, -0.2) is 0 Å². The molecule has 1 atom stereocenters. The summed E-state index contributed by atoms with van der Waals surface area (Å²) in [5.74, 6) is 1.51. The number of Topliss-reactive ketones (excluding diaryl/α,β-unsaturated/α-hetero) is 1. The number of allylic oxidation sites excluding steroid dienone is 1. The average Bonchev–Trinajstić information content (AvgIpc) is 2.94. The van der Waals surface area contributed by atoms with Crippen LogP contribution in [-0.4, -0.2) is 31.1 Å². The molecule has 5 nitrogen and oxygen atoms in total. The number of nitrogens with one attached hydrogen (secondary N) is 1. The van der Waals surface area contributed by atoms with Crippen LogP contribution in [0.2, 0.25) is 0 Å². The maximum Gasteiger partial charge on any atom is 0.231 e. The summed E-state index contributed by atoms with van der Waals surface area (Å²) in [5.41, 5.74) is 2.98. The van der Waals surface area contributed by atoms with Gasteiger partial charge in [0.1, 0.15) is 24.1 Å². The Hall–Kier alpha value is -3.05. The highest BCUT2D eigenvalue weighted by molar-refractivity contribution is 6.13. The Bertz CT molecular complexity index is 988. The quantitative estimate of drug-likeness (QED) is 0.821. The van der Waals surface area contributed by atoms with Crippen LogP contribution in [0.4, 0.5) is 0 Å². The predicted octanol–water partition coefficient (Wildman–Crippen LogP) is 2.36. The van der Waals surface area contributed by atoms with Crippen molar-refractivity contribution in [3.8, 4) is 17.2 Å². The van der Waals surface area contributed by atoms with E-state index in [9.17, 15) is 9.90 Å². The molecule has 2 heterocycles. The number of ketones is 1. The largest absolute Gasteiger partial charge is 0.507 e. The molecule has 2 N–H and O–H groups in total. The number of phenolic OH excluding ortho intramolecular Hbond substituents is 1. The molecule has 27 heavy (non-hydrogen) atoms. The van der Waals surface area contributed by atoms with Gasteiger partial charge in [-0.1, -0.05) is 18.2 Å². The lowest BCUT2D eigenvalue weighted by molar-refractivity contribution is -0.872. The summed E-state index contributed by atoms with van der Waals surface area (Å²) in [7, 11) is 3.96. The number of fused-ring (bicyclic) bond motifs is 2. The maximum atomic E-state index is 12.8. The van der Waals surface area contributed by atoms with Crippen molar-refractivity contribution in [2.45, 2.75) is 19.6 Å². The molecule has 0 spiro atoms. The Balaban J connectivity index is 1.72. The number of hydrogen-bond acceptors (Lipinski definition) is 4. The van der Waals surface area contributed by atoms with Gasteiger partial charge < -0.3 is 19.5 Å². The van der Waals surface area contributed by atoms with Crippen LogP contribution in [0, 0.1) is 0 Å². The van der Waals surface area contributed by atoms with Crippen LogP contribution >= 0.6 is 0 Å².